The van der Waals surface area contributed by atoms with Crippen LogP contribution in [0, 0.1) is 6.92 Å². The van der Waals surface area contributed by atoms with E-state index in [1.807, 2.05) is 13.8 Å². The van der Waals surface area contributed by atoms with Gasteiger partial charge in [-0.2, -0.15) is 0 Å². The van der Waals surface area contributed by atoms with E-state index in [1.54, 1.807) is 0 Å². The summed E-state index contributed by atoms with van der Waals surface area (Å²) >= 11 is 0. The van der Waals surface area contributed by atoms with Crippen molar-refractivity contribution in [3.05, 3.63) is 29.3 Å². The molecule has 1 aromatic carbocycles. The Balaban J connectivity index is 0.000000704. The second-order valence-corrected chi connectivity index (χ2v) is 5.60. The molecule has 0 atom stereocenters. The van der Waals surface area contributed by atoms with Crippen LogP contribution in [-0.4, -0.2) is 36.8 Å². The van der Waals surface area contributed by atoms with Crippen LogP contribution < -0.4 is 4.74 Å². The number of piperidine rings is 1. The smallest absolute Gasteiger partial charge is 0.123 e. The summed E-state index contributed by atoms with van der Waals surface area (Å²) in [6.07, 6.45) is 3.05. The molecule has 2 aliphatic rings. The van der Waals surface area contributed by atoms with Crippen molar-refractivity contribution in [1.29, 1.82) is 0 Å². The van der Waals surface area contributed by atoms with Gasteiger partial charge in [0.15, 0.2) is 0 Å². The summed E-state index contributed by atoms with van der Waals surface area (Å²) in [4.78, 5) is 2.20. The van der Waals surface area contributed by atoms with E-state index in [9.17, 15) is 4.39 Å². The molecule has 0 bridgehead atoms. The lowest BCUT2D eigenvalue weighted by atomic mass is 9.87. The molecule has 0 saturated carbocycles. The van der Waals surface area contributed by atoms with Crippen molar-refractivity contribution in [2.45, 2.75) is 45.6 Å². The molecule has 1 fully saturated rings. The summed E-state index contributed by atoms with van der Waals surface area (Å²) in [7, 11) is 0. The first-order chi connectivity index (χ1) is 9.71. The Morgan fingerprint density at radius 2 is 1.95 bits per heavy atom. The van der Waals surface area contributed by atoms with Crippen molar-refractivity contribution in [2.24, 2.45) is 0 Å². The van der Waals surface area contributed by atoms with Crippen molar-refractivity contribution in [3.63, 3.8) is 0 Å². The lowest BCUT2D eigenvalue weighted by Crippen LogP contribution is -2.47. The molecule has 3 rings (SSSR count). The normalized spacial score (nSPS) is 20.0. The van der Waals surface area contributed by atoms with E-state index < -0.39 is 0 Å². The molecule has 0 unspecified atom stereocenters. The minimum Gasteiger partial charge on any atom is -0.487 e. The summed E-state index contributed by atoms with van der Waals surface area (Å²) < 4.78 is 18.5. The van der Waals surface area contributed by atoms with Crippen molar-refractivity contribution in [1.82, 2.24) is 4.90 Å². The number of alkyl halides is 1. The van der Waals surface area contributed by atoms with Crippen LogP contribution in [0.1, 0.15) is 37.8 Å². The number of hydrogen-bond acceptors (Lipinski definition) is 2. The van der Waals surface area contributed by atoms with Crippen LogP contribution in [0.3, 0.4) is 0 Å². The number of hydrogen-bond donors (Lipinski definition) is 0. The van der Waals surface area contributed by atoms with Crippen molar-refractivity contribution in [3.8, 4) is 5.75 Å². The first-order valence-electron chi connectivity index (χ1n) is 7.78. The van der Waals surface area contributed by atoms with Gasteiger partial charge in [0.25, 0.3) is 0 Å². The molecule has 112 valence electrons. The maximum atomic E-state index is 12.3. The first-order valence-corrected chi connectivity index (χ1v) is 7.78. The Morgan fingerprint density at radius 1 is 1.25 bits per heavy atom. The third-order valence-electron chi connectivity index (χ3n) is 4.22. The summed E-state index contributed by atoms with van der Waals surface area (Å²) in [6, 6.07) is 6.43. The van der Waals surface area contributed by atoms with E-state index in [0.29, 0.717) is 6.54 Å². The molecule has 2 aliphatic heterocycles. The fraction of sp³-hybridized carbons (Fsp3) is 0.647. The van der Waals surface area contributed by atoms with Crippen LogP contribution in [0.5, 0.6) is 5.75 Å². The lowest BCUT2D eigenvalue weighted by Gasteiger charge is -2.38. The minimum absolute atomic E-state index is 0.0110. The van der Waals surface area contributed by atoms with Crippen molar-refractivity contribution in [2.75, 3.05) is 26.3 Å². The molecule has 20 heavy (non-hydrogen) atoms. The molecule has 0 radical (unpaired) electrons. The highest BCUT2D eigenvalue weighted by Crippen LogP contribution is 2.41. The van der Waals surface area contributed by atoms with E-state index in [-0.39, 0.29) is 12.3 Å². The van der Waals surface area contributed by atoms with Crippen LogP contribution >= 0.6 is 0 Å². The number of benzene rings is 1. The topological polar surface area (TPSA) is 12.5 Å². The first kappa shape index (κ1) is 15.3. The van der Waals surface area contributed by atoms with Gasteiger partial charge in [0.05, 0.1) is 0 Å². The number of halogens is 1. The maximum absolute atomic E-state index is 12.3. The third kappa shape index (κ3) is 3.14. The molecule has 1 spiro atoms. The average molecular weight is 279 g/mol. The van der Waals surface area contributed by atoms with E-state index in [4.69, 9.17) is 4.74 Å². The Morgan fingerprint density at radius 3 is 2.60 bits per heavy atom. The molecule has 2 nitrogen and oxygen atoms in total. The van der Waals surface area contributed by atoms with Crippen LogP contribution in [0.4, 0.5) is 4.39 Å². The number of ether oxygens (including phenoxy) is 1. The molecular formula is C17H26FNO. The quantitative estimate of drug-likeness (QED) is 0.817. The van der Waals surface area contributed by atoms with Crippen molar-refractivity contribution >= 4 is 0 Å². The van der Waals surface area contributed by atoms with E-state index in [2.05, 4.69) is 30.0 Å². The second-order valence-electron chi connectivity index (χ2n) is 5.60. The van der Waals surface area contributed by atoms with Gasteiger partial charge in [0.1, 0.15) is 18.0 Å². The predicted octanol–water partition coefficient (Wildman–Crippen LogP) is 3.76. The van der Waals surface area contributed by atoms with Crippen LogP contribution in [0.15, 0.2) is 18.2 Å². The molecule has 1 saturated heterocycles. The maximum Gasteiger partial charge on any atom is 0.123 e. The second kappa shape index (κ2) is 6.57. The summed E-state index contributed by atoms with van der Waals surface area (Å²) in [6.45, 7) is 8.36. The zero-order valence-electron chi connectivity index (χ0n) is 12.9. The van der Waals surface area contributed by atoms with Gasteiger partial charge < -0.3 is 9.64 Å². The zero-order chi connectivity index (χ0) is 14.6. The minimum atomic E-state index is -0.243. The van der Waals surface area contributed by atoms with E-state index in [1.165, 1.54) is 11.1 Å². The van der Waals surface area contributed by atoms with Gasteiger partial charge in [-0.05, 0) is 18.6 Å². The Kier molecular flexibility index (Phi) is 5.03. The molecular weight excluding hydrogens is 253 g/mol. The highest BCUT2D eigenvalue weighted by atomic mass is 19.1. The summed E-state index contributed by atoms with van der Waals surface area (Å²) in [5, 5.41) is 0. The number of aryl methyl sites for hydroxylation is 1. The van der Waals surface area contributed by atoms with E-state index in [0.717, 1.165) is 38.1 Å². The van der Waals surface area contributed by atoms with Crippen LogP contribution in [0.25, 0.3) is 0 Å². The summed E-state index contributed by atoms with van der Waals surface area (Å²) in [5.74, 6) is 1.06. The fourth-order valence-electron chi connectivity index (χ4n) is 3.14. The zero-order valence-corrected chi connectivity index (χ0v) is 12.9. The average Bonchev–Trinajstić information content (AvgIpc) is 2.81. The van der Waals surface area contributed by atoms with Gasteiger partial charge in [-0.1, -0.05) is 31.5 Å². The molecule has 0 N–H and O–H groups in total. The van der Waals surface area contributed by atoms with Crippen molar-refractivity contribution < 1.29 is 9.13 Å². The molecule has 1 aromatic rings. The van der Waals surface area contributed by atoms with E-state index >= 15 is 0 Å². The Bertz CT molecular complexity index is 439. The number of fused-ring (bicyclic) bond motifs is 1. The molecule has 0 aromatic heterocycles. The predicted molar refractivity (Wildman–Crippen MR) is 81.2 cm³/mol. The lowest BCUT2D eigenvalue weighted by molar-refractivity contribution is 0.0180. The summed E-state index contributed by atoms with van der Waals surface area (Å²) in [5.41, 5.74) is 2.63. The largest absolute Gasteiger partial charge is 0.487 e. The van der Waals surface area contributed by atoms with Crippen LogP contribution in [-0.2, 0) is 6.42 Å². The SMILES string of the molecule is CC.Cc1ccc2c(c1)CC1(CCN(CCF)CC1)O2. The molecule has 0 amide bonds. The number of nitrogens with zero attached hydrogens (tertiary/aromatic N) is 1. The van der Waals surface area contributed by atoms with Crippen LogP contribution in [0.2, 0.25) is 0 Å². The van der Waals surface area contributed by atoms with Gasteiger partial charge in [-0.15, -0.1) is 0 Å². The highest BCUT2D eigenvalue weighted by molar-refractivity contribution is 5.42. The van der Waals surface area contributed by atoms with Gasteiger partial charge in [0.2, 0.25) is 0 Å². The standard InChI is InChI=1S/C15H20FNO.C2H6/c1-12-2-3-14-13(10-12)11-15(18-14)4-7-17(8-5-15)9-6-16;1-2/h2-3,10H,4-9,11H2,1H3;1-2H3. The van der Waals surface area contributed by atoms with Gasteiger partial charge in [-0.25, -0.2) is 4.39 Å². The Labute approximate surface area is 121 Å². The highest BCUT2D eigenvalue weighted by Gasteiger charge is 2.41. The van der Waals surface area contributed by atoms with Gasteiger partial charge >= 0.3 is 0 Å². The fourth-order valence-corrected chi connectivity index (χ4v) is 3.14. The third-order valence-corrected chi connectivity index (χ3v) is 4.22. The van der Waals surface area contributed by atoms with Gasteiger partial charge in [-0.3, -0.25) is 0 Å². The molecule has 3 heteroatoms. The number of rotatable bonds is 2. The monoisotopic (exact) mass is 279 g/mol. The van der Waals surface area contributed by atoms with Gasteiger partial charge in [0, 0.05) is 38.9 Å². The molecule has 2 heterocycles. The number of likely N-dealkylation sites (tertiary alicyclic amines) is 1. The molecule has 0 aliphatic carbocycles. The Hall–Kier alpha value is -1.09.